The Morgan fingerprint density at radius 2 is 1.70 bits per heavy atom. The summed E-state index contributed by atoms with van der Waals surface area (Å²) in [6, 6.07) is 2.98. The predicted molar refractivity (Wildman–Crippen MR) is 137 cm³/mol. The van der Waals surface area contributed by atoms with Crippen molar-refractivity contribution in [1.82, 2.24) is 15.5 Å². The lowest BCUT2D eigenvalue weighted by Crippen LogP contribution is -2.53. The number of rotatable bonds is 12. The lowest BCUT2D eigenvalue weighted by Gasteiger charge is -2.34. The number of nitrogens with one attached hydrogen (secondary N) is 2. The van der Waals surface area contributed by atoms with Gasteiger partial charge in [-0.2, -0.15) is 0 Å². The van der Waals surface area contributed by atoms with Crippen molar-refractivity contribution in [3.63, 3.8) is 0 Å². The number of carbonyl (C=O) groups excluding carboxylic acids is 5. The van der Waals surface area contributed by atoms with Crippen LogP contribution in [0, 0.1) is 13.8 Å². The van der Waals surface area contributed by atoms with Gasteiger partial charge in [-0.05, 0) is 46.6 Å². The summed E-state index contributed by atoms with van der Waals surface area (Å²) < 4.78 is 9.88. The lowest BCUT2D eigenvalue weighted by atomic mass is 9.98. The zero-order valence-corrected chi connectivity index (χ0v) is 22.4. The second-order valence-corrected chi connectivity index (χ2v) is 9.60. The van der Waals surface area contributed by atoms with Crippen molar-refractivity contribution in [2.45, 2.75) is 65.1 Å². The average molecular weight is 519 g/mol. The first-order valence-corrected chi connectivity index (χ1v) is 11.8. The second kappa shape index (κ2) is 14.0. The Balaban J connectivity index is 3.51. The number of esters is 1. The minimum atomic E-state index is -1.23. The molecule has 0 saturated heterocycles. The van der Waals surface area contributed by atoms with Crippen LogP contribution in [0.5, 0.6) is 0 Å². The molecule has 204 valence electrons. The SMILES string of the molecule is C=CCN(C(=O)C(CCC(N)=O)NC(=O)OC(C)(C)C)C(C(=O)NCC(=O)OC)c1cc(C)cc(C)c1. The molecule has 4 N–H and O–H groups in total. The van der Waals surface area contributed by atoms with Crippen LogP contribution in [0.2, 0.25) is 0 Å². The molecule has 0 aromatic heterocycles. The van der Waals surface area contributed by atoms with E-state index < -0.39 is 54.0 Å². The first kappa shape index (κ1) is 31.1. The first-order chi connectivity index (χ1) is 17.2. The highest BCUT2D eigenvalue weighted by Gasteiger charge is 2.36. The Morgan fingerprint density at radius 1 is 1.11 bits per heavy atom. The fourth-order valence-corrected chi connectivity index (χ4v) is 3.62. The molecule has 0 aliphatic rings. The number of aryl methyl sites for hydroxylation is 2. The number of primary amides is 1. The van der Waals surface area contributed by atoms with Crippen LogP contribution in [0.1, 0.15) is 56.3 Å². The van der Waals surface area contributed by atoms with Crippen LogP contribution in [0.25, 0.3) is 0 Å². The minimum Gasteiger partial charge on any atom is -0.468 e. The summed E-state index contributed by atoms with van der Waals surface area (Å²) in [6.45, 7) is 11.9. The number of nitrogens with two attached hydrogens (primary N) is 1. The fraction of sp³-hybridized carbons (Fsp3) is 0.500. The summed E-state index contributed by atoms with van der Waals surface area (Å²) in [5.74, 6) is -2.64. The van der Waals surface area contributed by atoms with Gasteiger partial charge < -0.3 is 30.7 Å². The van der Waals surface area contributed by atoms with Crippen LogP contribution in [-0.2, 0) is 28.7 Å². The molecule has 0 heterocycles. The highest BCUT2D eigenvalue weighted by atomic mass is 16.6. The van der Waals surface area contributed by atoms with Gasteiger partial charge in [0.25, 0.3) is 0 Å². The molecule has 0 saturated carbocycles. The van der Waals surface area contributed by atoms with Crippen LogP contribution in [-0.4, -0.2) is 66.5 Å². The van der Waals surface area contributed by atoms with Crippen LogP contribution in [0.3, 0.4) is 0 Å². The van der Waals surface area contributed by atoms with Crippen molar-refractivity contribution in [2.24, 2.45) is 5.73 Å². The molecule has 2 atom stereocenters. The normalized spacial score (nSPS) is 12.5. The quantitative estimate of drug-likeness (QED) is 0.281. The molecular weight excluding hydrogens is 480 g/mol. The molecule has 0 radical (unpaired) electrons. The number of nitrogens with zero attached hydrogens (tertiary/aromatic N) is 1. The number of amides is 4. The minimum absolute atomic E-state index is 0.0782. The summed E-state index contributed by atoms with van der Waals surface area (Å²) >= 11 is 0. The molecule has 4 amide bonds. The summed E-state index contributed by atoms with van der Waals surface area (Å²) in [7, 11) is 1.19. The Morgan fingerprint density at radius 3 is 2.19 bits per heavy atom. The van der Waals surface area contributed by atoms with Gasteiger partial charge in [-0.25, -0.2) is 4.79 Å². The van der Waals surface area contributed by atoms with E-state index in [-0.39, 0.29) is 19.4 Å². The number of hydrogen-bond acceptors (Lipinski definition) is 7. The van der Waals surface area contributed by atoms with Crippen LogP contribution < -0.4 is 16.4 Å². The van der Waals surface area contributed by atoms with Gasteiger partial charge in [0.15, 0.2) is 0 Å². The smallest absolute Gasteiger partial charge is 0.408 e. The fourth-order valence-electron chi connectivity index (χ4n) is 3.62. The maximum atomic E-state index is 13.8. The van der Waals surface area contributed by atoms with E-state index in [9.17, 15) is 24.0 Å². The molecule has 0 aliphatic heterocycles. The number of hydrogen-bond donors (Lipinski definition) is 3. The standard InChI is InChI=1S/C26H38N4O7/c1-8-11-30(24(34)19(9-10-20(27)31)29-25(35)37-26(4,5)6)22(23(33)28-15-21(32)36-7)18-13-16(2)12-17(3)14-18/h8,12-14,19,22H,1,9-11,15H2,2-7H3,(H2,27,31)(H,28,33)(H,29,35). The largest absolute Gasteiger partial charge is 0.468 e. The van der Waals surface area contributed by atoms with Crippen LogP contribution in [0.15, 0.2) is 30.9 Å². The predicted octanol–water partition coefficient (Wildman–Crippen LogP) is 1.81. The van der Waals surface area contributed by atoms with Gasteiger partial charge in [-0.15, -0.1) is 6.58 Å². The van der Waals surface area contributed by atoms with Crippen molar-refractivity contribution in [3.8, 4) is 0 Å². The summed E-state index contributed by atoms with van der Waals surface area (Å²) in [5, 5.41) is 4.99. The molecular formula is C26H38N4O7. The molecule has 37 heavy (non-hydrogen) atoms. The molecule has 11 nitrogen and oxygen atoms in total. The maximum absolute atomic E-state index is 13.8. The van der Waals surface area contributed by atoms with E-state index in [0.717, 1.165) is 11.1 Å². The monoisotopic (exact) mass is 518 g/mol. The Labute approximate surface area is 217 Å². The summed E-state index contributed by atoms with van der Waals surface area (Å²) in [5.41, 5.74) is 6.64. The number of alkyl carbamates (subject to hydrolysis) is 1. The van der Waals surface area contributed by atoms with Gasteiger partial charge in [0.1, 0.15) is 24.2 Å². The third kappa shape index (κ3) is 10.7. The maximum Gasteiger partial charge on any atom is 0.408 e. The van der Waals surface area contributed by atoms with Crippen molar-refractivity contribution in [3.05, 3.63) is 47.5 Å². The van der Waals surface area contributed by atoms with Crippen LogP contribution in [0.4, 0.5) is 4.79 Å². The lowest BCUT2D eigenvalue weighted by molar-refractivity contribution is -0.144. The summed E-state index contributed by atoms with van der Waals surface area (Å²) in [4.78, 5) is 64.1. The molecule has 0 aliphatic carbocycles. The summed E-state index contributed by atoms with van der Waals surface area (Å²) in [6.07, 6.45) is 0.244. The Bertz CT molecular complexity index is 996. The first-order valence-electron chi connectivity index (χ1n) is 11.8. The molecule has 0 spiro atoms. The van der Waals surface area contributed by atoms with Crippen molar-refractivity contribution in [1.29, 1.82) is 0 Å². The van der Waals surface area contributed by atoms with E-state index in [1.165, 1.54) is 18.1 Å². The Hall–Kier alpha value is -3.89. The number of ether oxygens (including phenoxy) is 2. The zero-order chi connectivity index (χ0) is 28.3. The van der Waals surface area contributed by atoms with Crippen molar-refractivity contribution in [2.75, 3.05) is 20.2 Å². The highest BCUT2D eigenvalue weighted by molar-refractivity contribution is 5.93. The third-order valence-electron chi connectivity index (χ3n) is 5.03. The van der Waals surface area contributed by atoms with Gasteiger partial charge in [0, 0.05) is 13.0 Å². The van der Waals surface area contributed by atoms with E-state index in [1.807, 2.05) is 19.9 Å². The molecule has 1 rings (SSSR count). The number of benzene rings is 1. The van der Waals surface area contributed by atoms with E-state index in [4.69, 9.17) is 10.5 Å². The average Bonchev–Trinajstić information content (AvgIpc) is 2.77. The van der Waals surface area contributed by atoms with Gasteiger partial charge >= 0.3 is 12.1 Å². The van der Waals surface area contributed by atoms with E-state index in [0.29, 0.717) is 5.56 Å². The number of carbonyl (C=O) groups is 5. The second-order valence-electron chi connectivity index (χ2n) is 9.60. The van der Waals surface area contributed by atoms with E-state index in [2.05, 4.69) is 21.9 Å². The number of methoxy groups -OCH3 is 1. The van der Waals surface area contributed by atoms with E-state index >= 15 is 0 Å². The third-order valence-corrected chi connectivity index (χ3v) is 5.03. The van der Waals surface area contributed by atoms with E-state index in [1.54, 1.807) is 32.9 Å². The zero-order valence-electron chi connectivity index (χ0n) is 22.4. The van der Waals surface area contributed by atoms with Gasteiger partial charge in [0.05, 0.1) is 7.11 Å². The van der Waals surface area contributed by atoms with Crippen molar-refractivity contribution < 1.29 is 33.4 Å². The molecule has 1 aromatic rings. The molecule has 0 fully saturated rings. The molecule has 1 aromatic carbocycles. The van der Waals surface area contributed by atoms with Crippen molar-refractivity contribution >= 4 is 29.8 Å². The van der Waals surface area contributed by atoms with Gasteiger partial charge in [-0.1, -0.05) is 35.4 Å². The van der Waals surface area contributed by atoms with Gasteiger partial charge in [0.2, 0.25) is 17.7 Å². The highest BCUT2D eigenvalue weighted by Crippen LogP contribution is 2.25. The molecule has 0 bridgehead atoms. The topological polar surface area (TPSA) is 157 Å². The Kier molecular flexibility index (Phi) is 11.8. The van der Waals surface area contributed by atoms with Crippen LogP contribution >= 0.6 is 0 Å². The molecule has 11 heteroatoms. The van der Waals surface area contributed by atoms with Gasteiger partial charge in [-0.3, -0.25) is 19.2 Å². The molecule has 2 unspecified atom stereocenters.